The molecule has 0 aliphatic rings. The zero-order valence-electron chi connectivity index (χ0n) is 12.4. The Morgan fingerprint density at radius 3 is 2.62 bits per heavy atom. The van der Waals surface area contributed by atoms with Gasteiger partial charge in [0.05, 0.1) is 22.0 Å². The monoisotopic (exact) mass is 385 g/mol. The van der Waals surface area contributed by atoms with E-state index in [2.05, 4.69) is 5.32 Å². The molecule has 0 aliphatic heterocycles. The normalized spacial score (nSPS) is 10.2. The van der Waals surface area contributed by atoms with Crippen LogP contribution in [0.2, 0.25) is 10.0 Å². The molecule has 5 nitrogen and oxygen atoms in total. The van der Waals surface area contributed by atoms with E-state index in [1.165, 1.54) is 17.4 Å². The Balaban J connectivity index is 1.74. The molecule has 0 unspecified atom stereocenters. The minimum absolute atomic E-state index is 0.0427. The SMILES string of the molecule is O=C(COC(=O)CCC(=O)c1cccs1)Nc1cc(Cl)ccc1Cl. The first-order chi connectivity index (χ1) is 11.5. The highest BCUT2D eigenvalue weighted by Crippen LogP contribution is 2.25. The van der Waals surface area contributed by atoms with Gasteiger partial charge < -0.3 is 10.1 Å². The molecule has 1 aromatic heterocycles. The first-order valence-corrected chi connectivity index (χ1v) is 8.56. The number of benzene rings is 1. The summed E-state index contributed by atoms with van der Waals surface area (Å²) in [6.07, 6.45) is -0.0387. The number of halogens is 2. The third kappa shape index (κ3) is 5.63. The molecular weight excluding hydrogens is 373 g/mol. The summed E-state index contributed by atoms with van der Waals surface area (Å²) in [5, 5.41) is 5.02. The lowest BCUT2D eigenvalue weighted by Gasteiger charge is -2.08. The van der Waals surface area contributed by atoms with Gasteiger partial charge in [0, 0.05) is 11.4 Å². The van der Waals surface area contributed by atoms with Crippen molar-refractivity contribution in [3.8, 4) is 0 Å². The molecule has 126 valence electrons. The lowest BCUT2D eigenvalue weighted by molar-refractivity contribution is -0.147. The number of carbonyl (C=O) groups excluding carboxylic acids is 3. The Bertz CT molecular complexity index is 747. The summed E-state index contributed by atoms with van der Waals surface area (Å²) in [6, 6.07) is 8.08. The highest BCUT2D eigenvalue weighted by molar-refractivity contribution is 7.12. The maximum atomic E-state index is 11.8. The topological polar surface area (TPSA) is 72.5 Å². The quantitative estimate of drug-likeness (QED) is 0.572. The van der Waals surface area contributed by atoms with E-state index in [-0.39, 0.29) is 18.6 Å². The number of thiophene rings is 1. The molecule has 1 heterocycles. The number of anilines is 1. The summed E-state index contributed by atoms with van der Waals surface area (Å²) in [4.78, 5) is 35.7. The molecule has 2 aromatic rings. The second-order valence-electron chi connectivity index (χ2n) is 4.73. The van der Waals surface area contributed by atoms with Crippen LogP contribution in [0.3, 0.4) is 0 Å². The Hall–Kier alpha value is -1.89. The van der Waals surface area contributed by atoms with Crippen LogP contribution in [0, 0.1) is 0 Å². The Kier molecular flexibility index (Phi) is 6.78. The van der Waals surface area contributed by atoms with Gasteiger partial charge in [0.2, 0.25) is 0 Å². The fourth-order valence-electron chi connectivity index (χ4n) is 1.77. The van der Waals surface area contributed by atoms with E-state index >= 15 is 0 Å². The first-order valence-electron chi connectivity index (χ1n) is 6.93. The van der Waals surface area contributed by atoms with Gasteiger partial charge in [-0.05, 0) is 29.6 Å². The number of hydrogen-bond donors (Lipinski definition) is 1. The number of rotatable bonds is 7. The number of amides is 1. The van der Waals surface area contributed by atoms with Gasteiger partial charge in [-0.1, -0.05) is 29.3 Å². The van der Waals surface area contributed by atoms with Crippen LogP contribution in [-0.4, -0.2) is 24.3 Å². The summed E-state index contributed by atoms with van der Waals surface area (Å²) in [7, 11) is 0. The molecule has 1 aromatic carbocycles. The van der Waals surface area contributed by atoms with Gasteiger partial charge in [0.1, 0.15) is 0 Å². The van der Waals surface area contributed by atoms with Crippen LogP contribution in [0.25, 0.3) is 0 Å². The molecule has 0 spiro atoms. The van der Waals surface area contributed by atoms with Crippen LogP contribution in [-0.2, 0) is 14.3 Å². The van der Waals surface area contributed by atoms with Gasteiger partial charge in [-0.15, -0.1) is 11.3 Å². The molecule has 8 heteroatoms. The van der Waals surface area contributed by atoms with Crippen molar-refractivity contribution in [2.24, 2.45) is 0 Å². The van der Waals surface area contributed by atoms with Crippen molar-refractivity contribution < 1.29 is 19.1 Å². The summed E-state index contributed by atoms with van der Waals surface area (Å²) >= 11 is 13.0. The van der Waals surface area contributed by atoms with Crippen molar-refractivity contribution >= 4 is 57.9 Å². The largest absolute Gasteiger partial charge is 0.456 e. The minimum atomic E-state index is -0.618. The summed E-state index contributed by atoms with van der Waals surface area (Å²) in [5.41, 5.74) is 0.332. The molecule has 0 fully saturated rings. The highest BCUT2D eigenvalue weighted by atomic mass is 35.5. The van der Waals surface area contributed by atoms with Gasteiger partial charge in [-0.3, -0.25) is 14.4 Å². The summed E-state index contributed by atoms with van der Waals surface area (Å²) < 4.78 is 4.84. The summed E-state index contributed by atoms with van der Waals surface area (Å²) in [6.45, 7) is -0.463. The first kappa shape index (κ1) is 18.4. The zero-order valence-corrected chi connectivity index (χ0v) is 14.7. The maximum Gasteiger partial charge on any atom is 0.306 e. The molecule has 0 aliphatic carbocycles. The van der Waals surface area contributed by atoms with Gasteiger partial charge >= 0.3 is 5.97 Å². The van der Waals surface area contributed by atoms with Crippen LogP contribution in [0.1, 0.15) is 22.5 Å². The van der Waals surface area contributed by atoms with Gasteiger partial charge in [-0.25, -0.2) is 0 Å². The van der Waals surface area contributed by atoms with Gasteiger partial charge in [-0.2, -0.15) is 0 Å². The third-order valence-electron chi connectivity index (χ3n) is 2.92. The van der Waals surface area contributed by atoms with E-state index in [0.717, 1.165) is 0 Å². The van der Waals surface area contributed by atoms with Crippen LogP contribution < -0.4 is 5.32 Å². The van der Waals surface area contributed by atoms with E-state index in [1.807, 2.05) is 0 Å². The standard InChI is InChI=1S/C16H13Cl2NO4S/c17-10-3-4-11(18)12(8-10)19-15(21)9-23-16(22)6-5-13(20)14-2-1-7-24-14/h1-4,7-8H,5-6,9H2,(H,19,21). The summed E-state index contributed by atoms with van der Waals surface area (Å²) in [5.74, 6) is -1.29. The van der Waals surface area contributed by atoms with Crippen molar-refractivity contribution in [1.29, 1.82) is 0 Å². The van der Waals surface area contributed by atoms with Crippen LogP contribution in [0.15, 0.2) is 35.7 Å². The van der Waals surface area contributed by atoms with E-state index in [0.29, 0.717) is 20.6 Å². The molecule has 0 radical (unpaired) electrons. The Labute approximate surface area is 152 Å². The number of carbonyl (C=O) groups is 3. The molecule has 0 saturated heterocycles. The average Bonchev–Trinajstić information content (AvgIpc) is 3.08. The van der Waals surface area contributed by atoms with E-state index in [4.69, 9.17) is 27.9 Å². The molecule has 0 saturated carbocycles. The van der Waals surface area contributed by atoms with Crippen LogP contribution in [0.5, 0.6) is 0 Å². The highest BCUT2D eigenvalue weighted by Gasteiger charge is 2.13. The average molecular weight is 386 g/mol. The zero-order chi connectivity index (χ0) is 17.5. The van der Waals surface area contributed by atoms with E-state index < -0.39 is 18.5 Å². The Morgan fingerprint density at radius 2 is 1.92 bits per heavy atom. The molecule has 0 atom stereocenters. The third-order valence-corrected chi connectivity index (χ3v) is 4.39. The molecule has 24 heavy (non-hydrogen) atoms. The number of nitrogens with one attached hydrogen (secondary N) is 1. The fraction of sp³-hybridized carbons (Fsp3) is 0.188. The van der Waals surface area contributed by atoms with Crippen molar-refractivity contribution in [3.63, 3.8) is 0 Å². The second-order valence-corrected chi connectivity index (χ2v) is 6.52. The number of hydrogen-bond acceptors (Lipinski definition) is 5. The molecule has 1 N–H and O–H groups in total. The fourth-order valence-corrected chi connectivity index (χ4v) is 2.81. The smallest absolute Gasteiger partial charge is 0.306 e. The van der Waals surface area contributed by atoms with Crippen molar-refractivity contribution in [1.82, 2.24) is 0 Å². The predicted molar refractivity (Wildman–Crippen MR) is 93.9 cm³/mol. The van der Waals surface area contributed by atoms with Crippen molar-refractivity contribution in [2.45, 2.75) is 12.8 Å². The number of Topliss-reactive ketones (excluding diaryl/α,β-unsaturated/α-hetero) is 1. The minimum Gasteiger partial charge on any atom is -0.456 e. The van der Waals surface area contributed by atoms with E-state index in [1.54, 1.807) is 29.6 Å². The molecule has 0 bridgehead atoms. The van der Waals surface area contributed by atoms with Gasteiger partial charge in [0.25, 0.3) is 5.91 Å². The second kappa shape index (κ2) is 8.82. The molecular formula is C16H13Cl2NO4S. The lowest BCUT2D eigenvalue weighted by Crippen LogP contribution is -2.21. The predicted octanol–water partition coefficient (Wildman–Crippen LogP) is 4.20. The maximum absolute atomic E-state index is 11.8. The number of ketones is 1. The van der Waals surface area contributed by atoms with Crippen molar-refractivity contribution in [2.75, 3.05) is 11.9 Å². The van der Waals surface area contributed by atoms with Crippen LogP contribution in [0.4, 0.5) is 5.69 Å². The molecule has 2 rings (SSSR count). The van der Waals surface area contributed by atoms with Crippen molar-refractivity contribution in [3.05, 3.63) is 50.6 Å². The number of ether oxygens (including phenoxy) is 1. The number of esters is 1. The van der Waals surface area contributed by atoms with Gasteiger partial charge in [0.15, 0.2) is 12.4 Å². The molecule has 1 amide bonds. The van der Waals surface area contributed by atoms with E-state index in [9.17, 15) is 14.4 Å². The van der Waals surface area contributed by atoms with Crippen LogP contribution >= 0.6 is 34.5 Å². The Morgan fingerprint density at radius 1 is 1.12 bits per heavy atom. The lowest BCUT2D eigenvalue weighted by atomic mass is 10.2.